The summed E-state index contributed by atoms with van der Waals surface area (Å²) >= 11 is 0. The average molecular weight is 186 g/mol. The van der Waals surface area contributed by atoms with Crippen molar-refractivity contribution in [1.82, 2.24) is 9.80 Å². The summed E-state index contributed by atoms with van der Waals surface area (Å²) in [6.45, 7) is 5.20. The van der Waals surface area contributed by atoms with E-state index in [-0.39, 0.29) is 6.03 Å². The van der Waals surface area contributed by atoms with E-state index in [4.69, 9.17) is 5.11 Å². The average Bonchev–Trinajstić information content (AvgIpc) is 2.45. The maximum absolute atomic E-state index is 11.5. The number of nitrogens with zero attached hydrogens (tertiary/aromatic N) is 2. The molecule has 5 nitrogen and oxygen atoms in total. The number of urea groups is 1. The molecule has 0 aliphatic carbocycles. The number of carbonyl (C=O) groups is 2. The van der Waals surface area contributed by atoms with E-state index in [2.05, 4.69) is 0 Å². The lowest BCUT2D eigenvalue weighted by Gasteiger charge is -2.20. The molecule has 0 radical (unpaired) electrons. The zero-order valence-electron chi connectivity index (χ0n) is 7.86. The summed E-state index contributed by atoms with van der Waals surface area (Å²) in [4.78, 5) is 25.1. The number of carboxylic acids is 1. The van der Waals surface area contributed by atoms with Gasteiger partial charge in [0.15, 0.2) is 0 Å². The lowest BCUT2D eigenvalue weighted by molar-refractivity contribution is -0.141. The fourth-order valence-corrected chi connectivity index (χ4v) is 1.39. The van der Waals surface area contributed by atoms with Crippen molar-refractivity contribution in [3.63, 3.8) is 0 Å². The number of hydrogen-bond donors (Lipinski definition) is 1. The number of likely N-dealkylation sites (N-methyl/N-ethyl adjacent to an activating group) is 1. The first-order valence-corrected chi connectivity index (χ1v) is 4.36. The third kappa shape index (κ3) is 1.74. The maximum atomic E-state index is 11.5. The Hall–Kier alpha value is -1.26. The van der Waals surface area contributed by atoms with Crippen molar-refractivity contribution in [3.8, 4) is 0 Å². The Labute approximate surface area is 76.9 Å². The highest BCUT2D eigenvalue weighted by molar-refractivity contribution is 5.83. The molecule has 74 valence electrons. The van der Waals surface area contributed by atoms with Crippen LogP contribution in [0.3, 0.4) is 0 Å². The van der Waals surface area contributed by atoms with Crippen LogP contribution in [0.1, 0.15) is 13.8 Å². The largest absolute Gasteiger partial charge is 0.480 e. The number of carbonyl (C=O) groups excluding carboxylic acids is 1. The molecule has 1 unspecified atom stereocenters. The Morgan fingerprint density at radius 2 is 2.23 bits per heavy atom. The van der Waals surface area contributed by atoms with Gasteiger partial charge in [0.2, 0.25) is 0 Å². The molecule has 0 spiro atoms. The number of carboxylic acid groups (broad SMARTS) is 1. The van der Waals surface area contributed by atoms with Crippen molar-refractivity contribution in [2.45, 2.75) is 19.9 Å². The smallest absolute Gasteiger partial charge is 0.326 e. The molecule has 1 heterocycles. The quantitative estimate of drug-likeness (QED) is 0.685. The molecule has 0 aromatic rings. The van der Waals surface area contributed by atoms with Gasteiger partial charge in [-0.15, -0.1) is 0 Å². The monoisotopic (exact) mass is 186 g/mol. The van der Waals surface area contributed by atoms with Crippen LogP contribution in [0, 0.1) is 0 Å². The van der Waals surface area contributed by atoms with Gasteiger partial charge in [-0.25, -0.2) is 9.59 Å². The molecule has 5 heteroatoms. The minimum Gasteiger partial charge on any atom is -0.480 e. The Morgan fingerprint density at radius 3 is 2.62 bits per heavy atom. The van der Waals surface area contributed by atoms with Crippen molar-refractivity contribution in [2.24, 2.45) is 0 Å². The van der Waals surface area contributed by atoms with Gasteiger partial charge in [0.1, 0.15) is 6.04 Å². The first-order chi connectivity index (χ1) is 6.07. The zero-order chi connectivity index (χ0) is 10.0. The fourth-order valence-electron chi connectivity index (χ4n) is 1.39. The molecule has 13 heavy (non-hydrogen) atoms. The normalized spacial score (nSPS) is 19.4. The van der Waals surface area contributed by atoms with E-state index in [0.29, 0.717) is 19.6 Å². The van der Waals surface area contributed by atoms with Crippen LogP contribution < -0.4 is 0 Å². The summed E-state index contributed by atoms with van der Waals surface area (Å²) in [5, 5.41) is 8.71. The molecular formula is C8H14N2O3. The van der Waals surface area contributed by atoms with E-state index in [1.165, 1.54) is 11.8 Å². The number of hydrogen-bond acceptors (Lipinski definition) is 2. The van der Waals surface area contributed by atoms with Gasteiger partial charge >= 0.3 is 12.0 Å². The Bertz CT molecular complexity index is 229. The molecule has 1 fully saturated rings. The summed E-state index contributed by atoms with van der Waals surface area (Å²) < 4.78 is 0. The van der Waals surface area contributed by atoms with E-state index >= 15 is 0 Å². The molecule has 1 rings (SSSR count). The third-order valence-electron chi connectivity index (χ3n) is 2.33. The first kappa shape index (κ1) is 9.83. The lowest BCUT2D eigenvalue weighted by Crippen LogP contribution is -2.41. The van der Waals surface area contributed by atoms with Gasteiger partial charge in [0, 0.05) is 19.6 Å². The van der Waals surface area contributed by atoms with Gasteiger partial charge in [0.05, 0.1) is 0 Å². The van der Waals surface area contributed by atoms with Crippen LogP contribution in [0.4, 0.5) is 4.79 Å². The molecule has 1 N–H and O–H groups in total. The van der Waals surface area contributed by atoms with Crippen LogP contribution in [0.5, 0.6) is 0 Å². The van der Waals surface area contributed by atoms with Crippen molar-refractivity contribution in [3.05, 3.63) is 0 Å². The zero-order valence-corrected chi connectivity index (χ0v) is 7.86. The SMILES string of the molecule is CCN1CCN(C(C)C(=O)O)C1=O. The molecule has 1 aliphatic rings. The highest BCUT2D eigenvalue weighted by atomic mass is 16.4. The number of aliphatic carboxylic acids is 1. The second-order valence-corrected chi connectivity index (χ2v) is 3.07. The minimum atomic E-state index is -0.952. The highest BCUT2D eigenvalue weighted by Gasteiger charge is 2.33. The predicted octanol–water partition coefficient (Wildman–Crippen LogP) is 0.217. The van der Waals surface area contributed by atoms with Gasteiger partial charge in [-0.1, -0.05) is 0 Å². The summed E-state index contributed by atoms with van der Waals surface area (Å²) in [6.07, 6.45) is 0. The second-order valence-electron chi connectivity index (χ2n) is 3.07. The Balaban J connectivity index is 2.64. The molecule has 1 saturated heterocycles. The molecule has 0 bridgehead atoms. The fraction of sp³-hybridized carbons (Fsp3) is 0.750. The van der Waals surface area contributed by atoms with Gasteiger partial charge in [-0.3, -0.25) is 0 Å². The van der Waals surface area contributed by atoms with Crippen molar-refractivity contribution in [1.29, 1.82) is 0 Å². The molecule has 0 saturated carbocycles. The van der Waals surface area contributed by atoms with Crippen LogP contribution >= 0.6 is 0 Å². The standard InChI is InChI=1S/C8H14N2O3/c1-3-9-4-5-10(8(9)13)6(2)7(11)12/h6H,3-5H2,1-2H3,(H,11,12). The molecule has 1 aliphatic heterocycles. The predicted molar refractivity (Wildman–Crippen MR) is 46.4 cm³/mol. The second kappa shape index (κ2) is 3.64. The van der Waals surface area contributed by atoms with Crippen LogP contribution in [-0.4, -0.2) is 52.6 Å². The van der Waals surface area contributed by atoms with Gasteiger partial charge in [0.25, 0.3) is 0 Å². The highest BCUT2D eigenvalue weighted by Crippen LogP contribution is 2.11. The minimum absolute atomic E-state index is 0.169. The van der Waals surface area contributed by atoms with Crippen LogP contribution in [0.25, 0.3) is 0 Å². The first-order valence-electron chi connectivity index (χ1n) is 4.36. The number of rotatable bonds is 3. The van der Waals surface area contributed by atoms with Crippen molar-refractivity contribution >= 4 is 12.0 Å². The van der Waals surface area contributed by atoms with Gasteiger partial charge in [-0.05, 0) is 13.8 Å². The number of amides is 2. The molecule has 1 atom stereocenters. The topological polar surface area (TPSA) is 60.9 Å². The van der Waals surface area contributed by atoms with E-state index < -0.39 is 12.0 Å². The Morgan fingerprint density at radius 1 is 1.62 bits per heavy atom. The third-order valence-corrected chi connectivity index (χ3v) is 2.33. The molecule has 2 amide bonds. The molecule has 0 aromatic heterocycles. The molecular weight excluding hydrogens is 172 g/mol. The lowest BCUT2D eigenvalue weighted by atomic mass is 10.3. The Kier molecular flexibility index (Phi) is 2.75. The van der Waals surface area contributed by atoms with E-state index in [1.54, 1.807) is 4.90 Å². The van der Waals surface area contributed by atoms with Crippen LogP contribution in [0.2, 0.25) is 0 Å². The molecule has 0 aromatic carbocycles. The van der Waals surface area contributed by atoms with E-state index in [9.17, 15) is 9.59 Å². The van der Waals surface area contributed by atoms with Crippen LogP contribution in [-0.2, 0) is 4.79 Å². The summed E-state index contributed by atoms with van der Waals surface area (Å²) in [7, 11) is 0. The van der Waals surface area contributed by atoms with Gasteiger partial charge in [-0.2, -0.15) is 0 Å². The van der Waals surface area contributed by atoms with Crippen LogP contribution in [0.15, 0.2) is 0 Å². The summed E-state index contributed by atoms with van der Waals surface area (Å²) in [5.74, 6) is -0.952. The van der Waals surface area contributed by atoms with Gasteiger partial charge < -0.3 is 14.9 Å². The van der Waals surface area contributed by atoms with Crippen molar-refractivity contribution in [2.75, 3.05) is 19.6 Å². The van der Waals surface area contributed by atoms with E-state index in [1.807, 2.05) is 6.92 Å². The van der Waals surface area contributed by atoms with E-state index in [0.717, 1.165) is 0 Å². The maximum Gasteiger partial charge on any atom is 0.326 e. The van der Waals surface area contributed by atoms with Crippen molar-refractivity contribution < 1.29 is 14.7 Å². The summed E-state index contributed by atoms with van der Waals surface area (Å²) in [6, 6.07) is -0.888. The summed E-state index contributed by atoms with van der Waals surface area (Å²) in [5.41, 5.74) is 0.